The largest absolute Gasteiger partial charge is 0.493 e. The van der Waals surface area contributed by atoms with Gasteiger partial charge in [-0.2, -0.15) is 5.26 Å². The minimum Gasteiger partial charge on any atom is -0.493 e. The minimum absolute atomic E-state index is 0.0209. The molecule has 0 saturated carbocycles. The highest BCUT2D eigenvalue weighted by Gasteiger charge is 2.23. The van der Waals surface area contributed by atoms with E-state index in [0.29, 0.717) is 34.8 Å². The highest BCUT2D eigenvalue weighted by atomic mass is 32.1. The third kappa shape index (κ3) is 3.60. The van der Waals surface area contributed by atoms with E-state index < -0.39 is 0 Å². The first kappa shape index (κ1) is 19.9. The summed E-state index contributed by atoms with van der Waals surface area (Å²) in [5.41, 5.74) is 4.38. The summed E-state index contributed by atoms with van der Waals surface area (Å²) in [6.07, 6.45) is 0.753. The molecular formula is C21H23N3O3S. The number of amides is 1. The number of benzene rings is 1. The molecule has 0 unspecified atom stereocenters. The molecule has 0 bridgehead atoms. The Balaban J connectivity index is 1.85. The maximum absolute atomic E-state index is 13.0. The molecule has 0 spiro atoms. The molecule has 1 aromatic carbocycles. The average Bonchev–Trinajstić information content (AvgIpc) is 2.69. The highest BCUT2D eigenvalue weighted by molar-refractivity contribution is 7.71. The molecule has 146 valence electrons. The number of carbonyl (C=O) groups excluding carboxylic acids is 1. The average molecular weight is 398 g/mol. The van der Waals surface area contributed by atoms with E-state index in [9.17, 15) is 10.1 Å². The third-order valence-electron chi connectivity index (χ3n) is 5.18. The number of nitrogens with zero attached hydrogens (tertiary/aromatic N) is 3. The van der Waals surface area contributed by atoms with E-state index in [0.717, 1.165) is 28.8 Å². The normalized spacial score (nSPS) is 12.9. The van der Waals surface area contributed by atoms with Crippen LogP contribution in [0.15, 0.2) is 18.2 Å². The SMILES string of the molecule is COc1cc2c(cc1OC)CN(C(=O)Cn1c(C)cc(C)c(C#N)c1=S)CC2. The first-order valence-corrected chi connectivity index (χ1v) is 9.43. The van der Waals surface area contributed by atoms with Crippen LogP contribution in [-0.2, 0) is 24.3 Å². The summed E-state index contributed by atoms with van der Waals surface area (Å²) < 4.78 is 12.9. The first-order chi connectivity index (χ1) is 13.4. The second-order valence-electron chi connectivity index (χ2n) is 6.89. The van der Waals surface area contributed by atoms with E-state index in [2.05, 4.69) is 6.07 Å². The van der Waals surface area contributed by atoms with E-state index in [1.165, 1.54) is 0 Å². The van der Waals surface area contributed by atoms with Crippen molar-refractivity contribution in [1.29, 1.82) is 5.26 Å². The molecule has 1 aliphatic heterocycles. The van der Waals surface area contributed by atoms with E-state index in [-0.39, 0.29) is 12.5 Å². The zero-order chi connectivity index (χ0) is 20.4. The van der Waals surface area contributed by atoms with Gasteiger partial charge in [-0.25, -0.2) is 0 Å². The van der Waals surface area contributed by atoms with Gasteiger partial charge in [0.15, 0.2) is 11.5 Å². The number of nitriles is 1. The lowest BCUT2D eigenvalue weighted by atomic mass is 9.98. The van der Waals surface area contributed by atoms with Crippen molar-refractivity contribution in [3.05, 3.63) is 50.8 Å². The maximum Gasteiger partial charge on any atom is 0.242 e. The second-order valence-corrected chi connectivity index (χ2v) is 7.27. The van der Waals surface area contributed by atoms with Crippen molar-refractivity contribution in [1.82, 2.24) is 9.47 Å². The van der Waals surface area contributed by atoms with Crippen LogP contribution in [-0.4, -0.2) is 36.1 Å². The van der Waals surface area contributed by atoms with Gasteiger partial charge in [0, 0.05) is 18.8 Å². The zero-order valence-corrected chi connectivity index (χ0v) is 17.4. The molecule has 0 saturated heterocycles. The van der Waals surface area contributed by atoms with Crippen LogP contribution >= 0.6 is 12.2 Å². The summed E-state index contributed by atoms with van der Waals surface area (Å²) in [5, 5.41) is 9.35. The number of ether oxygens (including phenoxy) is 2. The Bertz CT molecular complexity index is 1040. The lowest BCUT2D eigenvalue weighted by molar-refractivity contribution is -0.132. The number of methoxy groups -OCH3 is 2. The Morgan fingerprint density at radius 2 is 1.82 bits per heavy atom. The maximum atomic E-state index is 13.0. The van der Waals surface area contributed by atoms with Gasteiger partial charge < -0.3 is 18.9 Å². The molecule has 2 aromatic rings. The fourth-order valence-corrected chi connectivity index (χ4v) is 4.01. The topological polar surface area (TPSA) is 67.5 Å². The lowest BCUT2D eigenvalue weighted by Crippen LogP contribution is -2.38. The number of hydrogen-bond donors (Lipinski definition) is 0. The van der Waals surface area contributed by atoms with Crippen LogP contribution in [0.2, 0.25) is 0 Å². The smallest absolute Gasteiger partial charge is 0.242 e. The van der Waals surface area contributed by atoms with Crippen molar-refractivity contribution in [2.24, 2.45) is 0 Å². The first-order valence-electron chi connectivity index (χ1n) is 9.02. The van der Waals surface area contributed by atoms with Crippen LogP contribution in [0.4, 0.5) is 0 Å². The molecular weight excluding hydrogens is 374 g/mol. The van der Waals surface area contributed by atoms with Crippen molar-refractivity contribution in [3.63, 3.8) is 0 Å². The van der Waals surface area contributed by atoms with Crippen LogP contribution in [0.3, 0.4) is 0 Å². The predicted octanol–water partition coefficient (Wildman–Crippen LogP) is 3.31. The molecule has 3 rings (SSSR count). The molecule has 2 heterocycles. The molecule has 0 radical (unpaired) electrons. The molecule has 1 amide bonds. The quantitative estimate of drug-likeness (QED) is 0.741. The van der Waals surface area contributed by atoms with Gasteiger partial charge in [0.05, 0.1) is 19.8 Å². The highest BCUT2D eigenvalue weighted by Crippen LogP contribution is 2.33. The van der Waals surface area contributed by atoms with Gasteiger partial charge in [0.25, 0.3) is 0 Å². The molecule has 0 atom stereocenters. The predicted molar refractivity (Wildman–Crippen MR) is 108 cm³/mol. The van der Waals surface area contributed by atoms with Crippen LogP contribution in [0, 0.1) is 29.8 Å². The van der Waals surface area contributed by atoms with E-state index in [4.69, 9.17) is 21.7 Å². The Morgan fingerprint density at radius 3 is 2.43 bits per heavy atom. The Hall–Kier alpha value is -2.85. The molecule has 0 fully saturated rings. The number of hydrogen-bond acceptors (Lipinski definition) is 5. The summed E-state index contributed by atoms with van der Waals surface area (Å²) in [5.74, 6) is 1.34. The van der Waals surface area contributed by atoms with Crippen molar-refractivity contribution in [3.8, 4) is 17.6 Å². The molecule has 0 N–H and O–H groups in total. The van der Waals surface area contributed by atoms with Gasteiger partial charge in [0.2, 0.25) is 5.91 Å². The van der Waals surface area contributed by atoms with Gasteiger partial charge in [-0.3, -0.25) is 4.79 Å². The fraction of sp³-hybridized carbons (Fsp3) is 0.381. The van der Waals surface area contributed by atoms with Crippen LogP contribution < -0.4 is 9.47 Å². The van der Waals surface area contributed by atoms with E-state index in [1.54, 1.807) is 18.8 Å². The Labute approximate surface area is 169 Å². The molecule has 1 aliphatic rings. The summed E-state index contributed by atoms with van der Waals surface area (Å²) in [7, 11) is 3.22. The fourth-order valence-electron chi connectivity index (χ4n) is 3.59. The summed E-state index contributed by atoms with van der Waals surface area (Å²) in [6, 6.07) is 7.95. The van der Waals surface area contributed by atoms with E-state index >= 15 is 0 Å². The van der Waals surface area contributed by atoms with Crippen molar-refractivity contribution >= 4 is 18.1 Å². The van der Waals surface area contributed by atoms with Crippen LogP contribution in [0.25, 0.3) is 0 Å². The minimum atomic E-state index is -0.0209. The van der Waals surface area contributed by atoms with Gasteiger partial charge in [-0.1, -0.05) is 12.2 Å². The van der Waals surface area contributed by atoms with Gasteiger partial charge in [0.1, 0.15) is 17.3 Å². The Morgan fingerprint density at radius 1 is 1.18 bits per heavy atom. The Kier molecular flexibility index (Phi) is 5.71. The number of pyridine rings is 1. The number of aromatic nitrogens is 1. The van der Waals surface area contributed by atoms with Crippen LogP contribution in [0.1, 0.15) is 27.9 Å². The summed E-state index contributed by atoms with van der Waals surface area (Å²) in [4.78, 5) is 14.8. The van der Waals surface area contributed by atoms with Gasteiger partial charge in [-0.15, -0.1) is 0 Å². The number of fused-ring (bicyclic) bond motifs is 1. The molecule has 0 aliphatic carbocycles. The molecule has 7 heteroatoms. The molecule has 28 heavy (non-hydrogen) atoms. The lowest BCUT2D eigenvalue weighted by Gasteiger charge is -2.30. The number of carbonyl (C=O) groups is 1. The van der Waals surface area contributed by atoms with Crippen molar-refractivity contribution in [2.75, 3.05) is 20.8 Å². The van der Waals surface area contributed by atoms with Crippen molar-refractivity contribution < 1.29 is 14.3 Å². The second kappa shape index (κ2) is 8.03. The number of aryl methyl sites for hydroxylation is 2. The summed E-state index contributed by atoms with van der Waals surface area (Å²) >= 11 is 5.45. The third-order valence-corrected chi connectivity index (χ3v) is 5.60. The van der Waals surface area contributed by atoms with Gasteiger partial charge >= 0.3 is 0 Å². The summed E-state index contributed by atoms with van der Waals surface area (Å²) in [6.45, 7) is 5.03. The molecule has 1 aromatic heterocycles. The van der Waals surface area contributed by atoms with Crippen LogP contribution in [0.5, 0.6) is 11.5 Å². The van der Waals surface area contributed by atoms with Crippen molar-refractivity contribution in [2.45, 2.75) is 33.4 Å². The molecule has 6 nitrogen and oxygen atoms in total. The van der Waals surface area contributed by atoms with Gasteiger partial charge in [-0.05, 0) is 55.2 Å². The number of rotatable bonds is 4. The monoisotopic (exact) mass is 397 g/mol. The standard InChI is InChI=1S/C21H23N3O3S/c1-13-7-14(2)24(21(28)17(13)10-22)12-20(25)23-6-5-15-8-18(26-3)19(27-4)9-16(15)11-23/h7-9H,5-6,11-12H2,1-4H3. The zero-order valence-electron chi connectivity index (χ0n) is 16.5. The van der Waals surface area contributed by atoms with E-state index in [1.807, 2.05) is 36.9 Å².